The quantitative estimate of drug-likeness (QED) is 0.374. The third kappa shape index (κ3) is 7.10. The minimum Gasteiger partial charge on any atom is -0.494 e. The summed E-state index contributed by atoms with van der Waals surface area (Å²) in [4.78, 5) is 27.7. The maximum absolute atomic E-state index is 13.8. The number of sulfonamides is 1. The van der Waals surface area contributed by atoms with Crippen LogP contribution in [0, 0.1) is 5.82 Å². The molecule has 38 heavy (non-hydrogen) atoms. The van der Waals surface area contributed by atoms with Crippen molar-refractivity contribution in [1.82, 2.24) is 10.2 Å². The highest BCUT2D eigenvalue weighted by molar-refractivity contribution is 7.92. The Morgan fingerprint density at radius 1 is 0.947 bits per heavy atom. The Morgan fingerprint density at radius 3 is 2.16 bits per heavy atom. The van der Waals surface area contributed by atoms with Gasteiger partial charge in [-0.05, 0) is 74.9 Å². The van der Waals surface area contributed by atoms with Gasteiger partial charge in [0.05, 0.1) is 17.2 Å². The number of hydrogen-bond donors (Lipinski definition) is 1. The first kappa shape index (κ1) is 28.6. The molecule has 8 nitrogen and oxygen atoms in total. The Hall–Kier alpha value is -3.92. The van der Waals surface area contributed by atoms with Crippen LogP contribution in [0.2, 0.25) is 0 Å². The van der Waals surface area contributed by atoms with Crippen LogP contribution in [0.3, 0.4) is 0 Å². The Balaban J connectivity index is 2.00. The van der Waals surface area contributed by atoms with Crippen LogP contribution in [0.15, 0.2) is 83.8 Å². The fraction of sp³-hybridized carbons (Fsp3) is 0.286. The second-order valence-electron chi connectivity index (χ2n) is 8.47. The average Bonchev–Trinajstić information content (AvgIpc) is 2.91. The molecule has 0 aromatic heterocycles. The molecule has 0 spiro atoms. The van der Waals surface area contributed by atoms with Gasteiger partial charge >= 0.3 is 0 Å². The molecule has 0 fully saturated rings. The Bertz CT molecular complexity index is 1320. The lowest BCUT2D eigenvalue weighted by atomic mass is 10.1. The minimum atomic E-state index is -4.25. The van der Waals surface area contributed by atoms with Crippen molar-refractivity contribution in [3.05, 3.63) is 90.2 Å². The van der Waals surface area contributed by atoms with E-state index in [1.165, 1.54) is 41.3 Å². The van der Waals surface area contributed by atoms with Crippen molar-refractivity contribution in [3.8, 4) is 5.75 Å². The second-order valence-corrected chi connectivity index (χ2v) is 10.3. The van der Waals surface area contributed by atoms with Gasteiger partial charge in [0.15, 0.2) is 0 Å². The third-order valence-corrected chi connectivity index (χ3v) is 7.62. The minimum absolute atomic E-state index is 0.0653. The molecule has 0 unspecified atom stereocenters. The van der Waals surface area contributed by atoms with Gasteiger partial charge in [-0.1, -0.05) is 30.3 Å². The van der Waals surface area contributed by atoms with Crippen LogP contribution < -0.4 is 14.4 Å². The van der Waals surface area contributed by atoms with E-state index in [1.807, 2.05) is 37.3 Å². The van der Waals surface area contributed by atoms with Crippen molar-refractivity contribution in [3.63, 3.8) is 0 Å². The van der Waals surface area contributed by atoms with Crippen molar-refractivity contribution in [1.29, 1.82) is 0 Å². The van der Waals surface area contributed by atoms with Gasteiger partial charge < -0.3 is 15.0 Å². The Morgan fingerprint density at radius 2 is 1.58 bits per heavy atom. The van der Waals surface area contributed by atoms with Gasteiger partial charge in [0.2, 0.25) is 11.8 Å². The summed E-state index contributed by atoms with van der Waals surface area (Å²) in [6.07, 6.45) is 0. The highest BCUT2D eigenvalue weighted by atomic mass is 32.2. The summed E-state index contributed by atoms with van der Waals surface area (Å²) in [5, 5.41) is 2.71. The number of rotatable bonds is 12. The highest BCUT2D eigenvalue weighted by Gasteiger charge is 2.32. The summed E-state index contributed by atoms with van der Waals surface area (Å²) in [5.41, 5.74) is 0.888. The van der Waals surface area contributed by atoms with Crippen molar-refractivity contribution in [2.45, 2.75) is 38.3 Å². The molecule has 0 aliphatic carbocycles. The number of likely N-dealkylation sites (N-methyl/N-ethyl adjacent to an activating group) is 1. The molecular weight excluding hydrogens is 509 g/mol. The van der Waals surface area contributed by atoms with E-state index in [0.717, 1.165) is 22.0 Å². The first-order valence-electron chi connectivity index (χ1n) is 12.3. The number of halogens is 1. The van der Waals surface area contributed by atoms with Crippen LogP contribution in [0.1, 0.15) is 26.3 Å². The average molecular weight is 542 g/mol. The SMILES string of the molecule is CCNC(=O)[C@H](C)N(Cc1ccccc1)C(=O)CN(c1ccc(F)cc1)S(=O)(=O)c1ccc(OCC)cc1. The molecule has 0 bridgehead atoms. The molecule has 10 heteroatoms. The number of anilines is 1. The zero-order valence-electron chi connectivity index (χ0n) is 21.6. The molecule has 3 rings (SSSR count). The first-order valence-corrected chi connectivity index (χ1v) is 13.7. The number of hydrogen-bond acceptors (Lipinski definition) is 5. The lowest BCUT2D eigenvalue weighted by Gasteiger charge is -2.32. The third-order valence-electron chi connectivity index (χ3n) is 5.83. The molecule has 3 aromatic carbocycles. The van der Waals surface area contributed by atoms with Crippen LogP contribution in [0.25, 0.3) is 0 Å². The van der Waals surface area contributed by atoms with Crippen LogP contribution in [0.4, 0.5) is 10.1 Å². The van der Waals surface area contributed by atoms with Crippen molar-refractivity contribution in [2.75, 3.05) is 24.0 Å². The topological polar surface area (TPSA) is 96.0 Å². The zero-order valence-corrected chi connectivity index (χ0v) is 22.4. The highest BCUT2D eigenvalue weighted by Crippen LogP contribution is 2.26. The number of ether oxygens (including phenoxy) is 1. The summed E-state index contributed by atoms with van der Waals surface area (Å²) in [5.74, 6) is -0.999. The van der Waals surface area contributed by atoms with Gasteiger partial charge in [-0.15, -0.1) is 0 Å². The fourth-order valence-corrected chi connectivity index (χ4v) is 5.24. The number of carbonyl (C=O) groups is 2. The van der Waals surface area contributed by atoms with Gasteiger partial charge in [0.25, 0.3) is 10.0 Å². The molecular formula is C28H32FN3O5S. The molecule has 0 heterocycles. The molecule has 1 N–H and O–H groups in total. The molecule has 202 valence electrons. The van der Waals surface area contributed by atoms with Crippen molar-refractivity contribution in [2.24, 2.45) is 0 Å². The molecule has 0 saturated carbocycles. The molecule has 2 amide bonds. The number of nitrogens with one attached hydrogen (secondary N) is 1. The van der Waals surface area contributed by atoms with Crippen LogP contribution in [-0.2, 0) is 26.2 Å². The fourth-order valence-electron chi connectivity index (χ4n) is 3.82. The smallest absolute Gasteiger partial charge is 0.264 e. The van der Waals surface area contributed by atoms with Gasteiger partial charge in [-0.3, -0.25) is 13.9 Å². The van der Waals surface area contributed by atoms with Crippen molar-refractivity contribution < 1.29 is 27.1 Å². The van der Waals surface area contributed by atoms with Gasteiger partial charge in [0, 0.05) is 13.1 Å². The lowest BCUT2D eigenvalue weighted by Crippen LogP contribution is -2.51. The predicted molar refractivity (Wildman–Crippen MR) is 144 cm³/mol. The summed E-state index contributed by atoms with van der Waals surface area (Å²) in [7, 11) is -4.25. The maximum atomic E-state index is 13.8. The monoisotopic (exact) mass is 541 g/mol. The van der Waals surface area contributed by atoms with E-state index in [2.05, 4.69) is 5.32 Å². The number of nitrogens with zero attached hydrogens (tertiary/aromatic N) is 2. The second kappa shape index (κ2) is 13.0. The Labute approximate surface area is 223 Å². The summed E-state index contributed by atoms with van der Waals surface area (Å²) >= 11 is 0. The summed E-state index contributed by atoms with van der Waals surface area (Å²) in [6.45, 7) is 5.47. The first-order chi connectivity index (χ1) is 18.2. The van der Waals surface area contributed by atoms with Gasteiger partial charge in [-0.25, -0.2) is 12.8 Å². The predicted octanol–water partition coefficient (Wildman–Crippen LogP) is 3.97. The molecule has 0 saturated heterocycles. The van der Waals surface area contributed by atoms with Gasteiger partial charge in [-0.2, -0.15) is 0 Å². The number of benzene rings is 3. The largest absolute Gasteiger partial charge is 0.494 e. The van der Waals surface area contributed by atoms with E-state index < -0.39 is 34.3 Å². The number of carbonyl (C=O) groups excluding carboxylic acids is 2. The van der Waals surface area contributed by atoms with E-state index in [9.17, 15) is 22.4 Å². The zero-order chi connectivity index (χ0) is 27.7. The summed E-state index contributed by atoms with van der Waals surface area (Å²) < 4.78 is 47.5. The van der Waals surface area contributed by atoms with Gasteiger partial charge in [0.1, 0.15) is 24.2 Å². The summed E-state index contributed by atoms with van der Waals surface area (Å²) in [6, 6.07) is 18.9. The maximum Gasteiger partial charge on any atom is 0.264 e. The molecule has 3 aromatic rings. The van der Waals surface area contributed by atoms with Crippen molar-refractivity contribution >= 4 is 27.5 Å². The lowest BCUT2D eigenvalue weighted by molar-refractivity contribution is -0.139. The standard InChI is InChI=1S/C28H32FN3O5S/c1-4-30-28(34)21(3)31(19-22-9-7-6-8-10-22)27(33)20-32(24-13-11-23(29)12-14-24)38(35,36)26-17-15-25(16-18-26)37-5-2/h6-18,21H,4-5,19-20H2,1-3H3,(H,30,34)/t21-/m0/s1. The van der Waals surface area contributed by atoms with E-state index in [-0.39, 0.29) is 23.0 Å². The molecule has 1 atom stereocenters. The molecule has 0 aliphatic rings. The Kier molecular flexibility index (Phi) is 9.84. The number of amides is 2. The van der Waals surface area contributed by atoms with Crippen LogP contribution >= 0.6 is 0 Å². The molecule has 0 radical (unpaired) electrons. The molecule has 0 aliphatic heterocycles. The van der Waals surface area contributed by atoms with E-state index in [0.29, 0.717) is 18.9 Å². The van der Waals surface area contributed by atoms with E-state index in [1.54, 1.807) is 13.8 Å². The van der Waals surface area contributed by atoms with E-state index >= 15 is 0 Å². The van der Waals surface area contributed by atoms with Crippen LogP contribution in [0.5, 0.6) is 5.75 Å². The normalized spacial score (nSPS) is 11.9. The van der Waals surface area contributed by atoms with E-state index in [4.69, 9.17) is 4.74 Å². The van der Waals surface area contributed by atoms with Crippen LogP contribution in [-0.4, -0.2) is 50.9 Å².